The van der Waals surface area contributed by atoms with Crippen molar-refractivity contribution in [3.8, 4) is 11.5 Å². The highest BCUT2D eigenvalue weighted by molar-refractivity contribution is 5.97. The number of hydrogen-bond acceptors (Lipinski definition) is 5. The predicted molar refractivity (Wildman–Crippen MR) is 137 cm³/mol. The number of carbonyl (C=O) groups is 1. The Balaban J connectivity index is 1.41. The van der Waals surface area contributed by atoms with E-state index >= 15 is 0 Å². The summed E-state index contributed by atoms with van der Waals surface area (Å²) < 4.78 is 12.9. The smallest absolute Gasteiger partial charge is 0.340 e. The van der Waals surface area contributed by atoms with Gasteiger partial charge >= 0.3 is 5.97 Å². The molecule has 0 aliphatic carbocycles. The van der Waals surface area contributed by atoms with Crippen molar-refractivity contribution in [1.29, 1.82) is 0 Å². The molecule has 0 amide bonds. The molecule has 178 valence electrons. The second-order valence-electron chi connectivity index (χ2n) is 10.2. The second-order valence-corrected chi connectivity index (χ2v) is 10.2. The highest BCUT2D eigenvalue weighted by Crippen LogP contribution is 2.57. The Morgan fingerprint density at radius 3 is 2.03 bits per heavy atom. The fourth-order valence-electron chi connectivity index (χ4n) is 6.35. The first-order valence-corrected chi connectivity index (χ1v) is 13.0. The Labute approximate surface area is 206 Å². The Bertz CT molecular complexity index is 1310. The number of fused-ring (bicyclic) bond motifs is 6. The van der Waals surface area contributed by atoms with E-state index in [2.05, 4.69) is 46.2 Å². The fourth-order valence-corrected chi connectivity index (χ4v) is 6.35. The van der Waals surface area contributed by atoms with Gasteiger partial charge < -0.3 is 19.3 Å². The maximum atomic E-state index is 13.2. The van der Waals surface area contributed by atoms with E-state index in [9.17, 15) is 4.79 Å². The van der Waals surface area contributed by atoms with Crippen LogP contribution in [0.5, 0.6) is 11.5 Å². The van der Waals surface area contributed by atoms with Crippen molar-refractivity contribution >= 4 is 17.3 Å². The van der Waals surface area contributed by atoms with Crippen molar-refractivity contribution in [3.63, 3.8) is 0 Å². The number of rotatable bonds is 2. The van der Waals surface area contributed by atoms with Crippen molar-refractivity contribution in [2.75, 3.05) is 36.0 Å². The number of esters is 1. The van der Waals surface area contributed by atoms with Crippen molar-refractivity contribution < 1.29 is 14.3 Å². The SMILES string of the molecule is O=C1OC2(c3ccc(N4CCCCC4)cc3Oc3ccc(N4CCCCC4)cc32)c2ccccc21. The van der Waals surface area contributed by atoms with Gasteiger partial charge in [-0.05, 0) is 74.9 Å². The molecule has 0 saturated carbocycles. The number of benzene rings is 3. The maximum absolute atomic E-state index is 13.2. The van der Waals surface area contributed by atoms with Gasteiger partial charge in [-0.25, -0.2) is 4.79 Å². The molecule has 1 atom stereocenters. The van der Waals surface area contributed by atoms with E-state index in [-0.39, 0.29) is 5.97 Å². The zero-order valence-corrected chi connectivity index (χ0v) is 20.0. The lowest BCUT2D eigenvalue weighted by molar-refractivity contribution is 0.0224. The monoisotopic (exact) mass is 466 g/mol. The predicted octanol–water partition coefficient (Wildman–Crippen LogP) is 6.24. The molecule has 3 aromatic carbocycles. The normalized spacial score (nSPS) is 22.8. The molecule has 2 fully saturated rings. The number of anilines is 2. The summed E-state index contributed by atoms with van der Waals surface area (Å²) in [5, 5.41) is 0. The van der Waals surface area contributed by atoms with Gasteiger partial charge in [-0.1, -0.05) is 18.2 Å². The molecule has 4 aliphatic heterocycles. The summed E-state index contributed by atoms with van der Waals surface area (Å²) >= 11 is 0. The summed E-state index contributed by atoms with van der Waals surface area (Å²) in [6.45, 7) is 4.24. The number of hydrogen-bond donors (Lipinski definition) is 0. The minimum Gasteiger partial charge on any atom is -0.456 e. The molecule has 0 aromatic heterocycles. The van der Waals surface area contributed by atoms with Crippen LogP contribution in [0.4, 0.5) is 11.4 Å². The van der Waals surface area contributed by atoms with E-state index < -0.39 is 5.60 Å². The quantitative estimate of drug-likeness (QED) is 0.419. The Kier molecular flexibility index (Phi) is 4.80. The van der Waals surface area contributed by atoms with Crippen LogP contribution < -0.4 is 14.5 Å². The Hall–Kier alpha value is -3.47. The van der Waals surface area contributed by atoms with E-state index in [1.165, 1.54) is 49.9 Å². The first kappa shape index (κ1) is 20.9. The summed E-state index contributed by atoms with van der Waals surface area (Å²) in [5.74, 6) is 1.26. The lowest BCUT2D eigenvalue weighted by atomic mass is 9.77. The number of nitrogens with zero attached hydrogens (tertiary/aromatic N) is 2. The van der Waals surface area contributed by atoms with Crippen molar-refractivity contribution in [2.24, 2.45) is 0 Å². The standard InChI is InChI=1S/C30H30N2O3/c33-29-23-9-3-4-10-24(23)30(35-29)25-13-11-22(32-17-7-2-8-18-32)20-28(25)34-27-14-12-21(19-26(27)30)31-15-5-1-6-16-31/h3-4,9-14,19-20H,1-2,5-8,15-18H2. The van der Waals surface area contributed by atoms with Crippen LogP contribution in [0, 0.1) is 0 Å². The third kappa shape index (κ3) is 3.17. The second kappa shape index (κ2) is 8.04. The van der Waals surface area contributed by atoms with Gasteiger partial charge in [0.1, 0.15) is 11.5 Å². The fraction of sp³-hybridized carbons (Fsp3) is 0.367. The van der Waals surface area contributed by atoms with Gasteiger partial charge in [0.15, 0.2) is 5.60 Å². The van der Waals surface area contributed by atoms with Crippen molar-refractivity contribution in [2.45, 2.75) is 44.1 Å². The van der Waals surface area contributed by atoms with E-state index in [0.29, 0.717) is 5.56 Å². The Morgan fingerprint density at radius 2 is 1.29 bits per heavy atom. The van der Waals surface area contributed by atoms with Crippen LogP contribution in [0.1, 0.15) is 65.6 Å². The van der Waals surface area contributed by atoms with Crippen molar-refractivity contribution in [3.05, 3.63) is 82.9 Å². The van der Waals surface area contributed by atoms with E-state index in [1.807, 2.05) is 24.3 Å². The van der Waals surface area contributed by atoms with Gasteiger partial charge in [0.2, 0.25) is 0 Å². The van der Waals surface area contributed by atoms with Gasteiger partial charge in [0, 0.05) is 60.3 Å². The minimum atomic E-state index is -0.997. The van der Waals surface area contributed by atoms with E-state index in [0.717, 1.165) is 54.4 Å². The molecule has 0 radical (unpaired) electrons. The molecule has 0 bridgehead atoms. The highest BCUT2D eigenvalue weighted by atomic mass is 16.6. The van der Waals surface area contributed by atoms with Gasteiger partial charge in [-0.3, -0.25) is 0 Å². The summed E-state index contributed by atoms with van der Waals surface area (Å²) in [7, 11) is 0. The van der Waals surface area contributed by atoms with Crippen LogP contribution in [0.15, 0.2) is 60.7 Å². The average molecular weight is 467 g/mol. The molecule has 35 heavy (non-hydrogen) atoms. The third-order valence-corrected chi connectivity index (χ3v) is 8.12. The van der Waals surface area contributed by atoms with Crippen molar-refractivity contribution in [1.82, 2.24) is 0 Å². The molecule has 1 unspecified atom stereocenters. The largest absolute Gasteiger partial charge is 0.456 e. The molecule has 4 aliphatic rings. The van der Waals surface area contributed by atoms with Crippen LogP contribution in [0.3, 0.4) is 0 Å². The van der Waals surface area contributed by atoms with Gasteiger partial charge in [0.05, 0.1) is 5.56 Å². The molecular formula is C30H30N2O3. The first-order chi connectivity index (χ1) is 17.2. The van der Waals surface area contributed by atoms with E-state index in [4.69, 9.17) is 9.47 Å². The number of carbonyl (C=O) groups excluding carboxylic acids is 1. The lowest BCUT2D eigenvalue weighted by Crippen LogP contribution is -2.35. The summed E-state index contributed by atoms with van der Waals surface area (Å²) in [6, 6.07) is 20.6. The molecule has 2 saturated heterocycles. The van der Waals surface area contributed by atoms with Crippen LogP contribution in [0.2, 0.25) is 0 Å². The molecular weight excluding hydrogens is 436 g/mol. The van der Waals surface area contributed by atoms with Crippen LogP contribution in [-0.4, -0.2) is 32.1 Å². The lowest BCUT2D eigenvalue weighted by Gasteiger charge is -2.38. The maximum Gasteiger partial charge on any atom is 0.340 e. The summed E-state index contributed by atoms with van der Waals surface area (Å²) in [6.07, 6.45) is 7.42. The first-order valence-electron chi connectivity index (χ1n) is 13.0. The molecule has 5 nitrogen and oxygen atoms in total. The number of piperidine rings is 2. The van der Waals surface area contributed by atoms with Crippen LogP contribution in [-0.2, 0) is 10.3 Å². The molecule has 1 spiro atoms. The average Bonchev–Trinajstić information content (AvgIpc) is 3.22. The van der Waals surface area contributed by atoms with Gasteiger partial charge in [-0.15, -0.1) is 0 Å². The van der Waals surface area contributed by atoms with Crippen LogP contribution in [0.25, 0.3) is 0 Å². The van der Waals surface area contributed by atoms with Crippen LogP contribution >= 0.6 is 0 Å². The van der Waals surface area contributed by atoms with E-state index in [1.54, 1.807) is 0 Å². The molecule has 4 heterocycles. The molecule has 5 heteroatoms. The zero-order valence-electron chi connectivity index (χ0n) is 20.0. The van der Waals surface area contributed by atoms with Gasteiger partial charge in [0.25, 0.3) is 0 Å². The molecule has 3 aromatic rings. The molecule has 0 N–H and O–H groups in total. The molecule has 7 rings (SSSR count). The third-order valence-electron chi connectivity index (χ3n) is 8.12. The topological polar surface area (TPSA) is 42.0 Å². The summed E-state index contributed by atoms with van der Waals surface area (Å²) in [4.78, 5) is 18.1. The Morgan fingerprint density at radius 1 is 0.629 bits per heavy atom. The summed E-state index contributed by atoms with van der Waals surface area (Å²) in [5.41, 5.74) is 4.69. The number of ether oxygens (including phenoxy) is 2. The minimum absolute atomic E-state index is 0.275. The van der Waals surface area contributed by atoms with Gasteiger partial charge in [-0.2, -0.15) is 0 Å². The highest BCUT2D eigenvalue weighted by Gasteiger charge is 2.53. The zero-order chi connectivity index (χ0) is 23.4.